The van der Waals surface area contributed by atoms with Crippen molar-refractivity contribution >= 4 is 23.2 Å². The van der Waals surface area contributed by atoms with Crippen LogP contribution in [0.2, 0.25) is 5.02 Å². The second-order valence-electron chi connectivity index (χ2n) is 3.25. The van der Waals surface area contributed by atoms with Crippen molar-refractivity contribution in [2.24, 2.45) is 0 Å². The van der Waals surface area contributed by atoms with Crippen molar-refractivity contribution in [2.45, 2.75) is 12.5 Å². The van der Waals surface area contributed by atoms with Crippen molar-refractivity contribution in [3.63, 3.8) is 0 Å². The van der Waals surface area contributed by atoms with E-state index in [4.69, 9.17) is 11.6 Å². The van der Waals surface area contributed by atoms with Gasteiger partial charge in [-0.05, 0) is 12.1 Å². The Labute approximate surface area is 86.9 Å². The standard InChI is InChI=1S/C10H10ClNO2/c11-7-3-1-2-4-8(7)12-6-5-9(13)10(12)14/h1-4,9,13H,5-6H2. The highest BCUT2D eigenvalue weighted by molar-refractivity contribution is 6.33. The summed E-state index contributed by atoms with van der Waals surface area (Å²) in [7, 11) is 0. The van der Waals surface area contributed by atoms with Crippen molar-refractivity contribution in [2.75, 3.05) is 11.4 Å². The molecule has 1 atom stereocenters. The number of nitrogens with zero attached hydrogens (tertiary/aromatic N) is 1. The number of aliphatic hydroxyl groups excluding tert-OH is 1. The number of benzene rings is 1. The number of aliphatic hydroxyl groups is 1. The first-order chi connectivity index (χ1) is 6.70. The number of carbonyl (C=O) groups excluding carboxylic acids is 1. The lowest BCUT2D eigenvalue weighted by Crippen LogP contribution is -2.29. The van der Waals surface area contributed by atoms with E-state index in [-0.39, 0.29) is 5.91 Å². The quantitative estimate of drug-likeness (QED) is 0.764. The Morgan fingerprint density at radius 3 is 2.71 bits per heavy atom. The smallest absolute Gasteiger partial charge is 0.255 e. The predicted molar refractivity (Wildman–Crippen MR) is 54.4 cm³/mol. The zero-order valence-corrected chi connectivity index (χ0v) is 8.24. The lowest BCUT2D eigenvalue weighted by atomic mass is 10.3. The minimum atomic E-state index is -0.869. The Kier molecular flexibility index (Phi) is 2.44. The number of amides is 1. The van der Waals surface area contributed by atoms with Crippen molar-refractivity contribution in [1.82, 2.24) is 0 Å². The summed E-state index contributed by atoms with van der Waals surface area (Å²) < 4.78 is 0. The summed E-state index contributed by atoms with van der Waals surface area (Å²) >= 11 is 5.94. The van der Waals surface area contributed by atoms with Crippen LogP contribution in [0.3, 0.4) is 0 Å². The minimum absolute atomic E-state index is 0.266. The van der Waals surface area contributed by atoms with Crippen LogP contribution in [0.4, 0.5) is 5.69 Å². The molecular formula is C10H10ClNO2. The molecule has 2 rings (SSSR count). The highest BCUT2D eigenvalue weighted by Gasteiger charge is 2.31. The fourth-order valence-electron chi connectivity index (χ4n) is 1.57. The number of carbonyl (C=O) groups is 1. The summed E-state index contributed by atoms with van der Waals surface area (Å²) in [6.45, 7) is 0.531. The molecule has 3 nitrogen and oxygen atoms in total. The molecule has 4 heteroatoms. The number of hydrogen-bond acceptors (Lipinski definition) is 2. The molecule has 1 aliphatic rings. The molecule has 1 aliphatic heterocycles. The SMILES string of the molecule is O=C1C(O)CCN1c1ccccc1Cl. The van der Waals surface area contributed by atoms with Crippen LogP contribution in [-0.4, -0.2) is 23.7 Å². The lowest BCUT2D eigenvalue weighted by molar-refractivity contribution is -0.123. The third kappa shape index (κ3) is 1.49. The van der Waals surface area contributed by atoms with E-state index < -0.39 is 6.10 Å². The molecule has 0 spiro atoms. The zero-order chi connectivity index (χ0) is 10.1. The Morgan fingerprint density at radius 1 is 1.43 bits per heavy atom. The van der Waals surface area contributed by atoms with Crippen molar-refractivity contribution in [3.8, 4) is 0 Å². The van der Waals surface area contributed by atoms with E-state index in [1.165, 1.54) is 4.90 Å². The Bertz CT molecular complexity index is 367. The van der Waals surface area contributed by atoms with Crippen LogP contribution in [0.5, 0.6) is 0 Å². The lowest BCUT2D eigenvalue weighted by Gasteiger charge is -2.16. The first kappa shape index (κ1) is 9.49. The third-order valence-corrected chi connectivity index (χ3v) is 2.64. The fraction of sp³-hybridized carbons (Fsp3) is 0.300. The molecule has 1 N–H and O–H groups in total. The van der Waals surface area contributed by atoms with E-state index in [1.54, 1.807) is 12.1 Å². The predicted octanol–water partition coefficient (Wildman–Crippen LogP) is 1.44. The number of rotatable bonds is 1. The minimum Gasteiger partial charge on any atom is -0.383 e. The van der Waals surface area contributed by atoms with Gasteiger partial charge in [0.15, 0.2) is 0 Å². The average molecular weight is 212 g/mol. The van der Waals surface area contributed by atoms with E-state index in [9.17, 15) is 9.90 Å². The Morgan fingerprint density at radius 2 is 2.14 bits per heavy atom. The maximum absolute atomic E-state index is 11.5. The highest BCUT2D eigenvalue weighted by Crippen LogP contribution is 2.28. The van der Waals surface area contributed by atoms with Crippen molar-refractivity contribution in [3.05, 3.63) is 29.3 Å². The van der Waals surface area contributed by atoms with Crippen molar-refractivity contribution < 1.29 is 9.90 Å². The topological polar surface area (TPSA) is 40.5 Å². The Hall–Kier alpha value is -1.06. The fourth-order valence-corrected chi connectivity index (χ4v) is 1.81. The first-order valence-corrected chi connectivity index (χ1v) is 4.82. The summed E-state index contributed by atoms with van der Waals surface area (Å²) in [5.74, 6) is -0.266. The van der Waals surface area contributed by atoms with Gasteiger partial charge in [-0.15, -0.1) is 0 Å². The molecule has 14 heavy (non-hydrogen) atoms. The highest BCUT2D eigenvalue weighted by atomic mass is 35.5. The summed E-state index contributed by atoms with van der Waals surface area (Å²) in [6.07, 6.45) is -0.393. The van der Waals surface area contributed by atoms with Gasteiger partial charge >= 0.3 is 0 Å². The van der Waals surface area contributed by atoms with Gasteiger partial charge in [0.2, 0.25) is 0 Å². The number of anilines is 1. The molecule has 0 radical (unpaired) electrons. The molecule has 74 valence electrons. The van der Waals surface area contributed by atoms with Crippen LogP contribution >= 0.6 is 11.6 Å². The molecule has 0 saturated carbocycles. The van der Waals surface area contributed by atoms with Crippen molar-refractivity contribution in [1.29, 1.82) is 0 Å². The van der Waals surface area contributed by atoms with Gasteiger partial charge in [-0.2, -0.15) is 0 Å². The monoisotopic (exact) mass is 211 g/mol. The van der Waals surface area contributed by atoms with Crippen LogP contribution in [0.25, 0.3) is 0 Å². The molecule has 1 unspecified atom stereocenters. The molecule has 1 amide bonds. The molecule has 0 bridgehead atoms. The van der Waals surface area contributed by atoms with Gasteiger partial charge in [0.1, 0.15) is 6.10 Å². The number of halogens is 1. The maximum atomic E-state index is 11.5. The molecular weight excluding hydrogens is 202 g/mol. The zero-order valence-electron chi connectivity index (χ0n) is 7.48. The van der Waals surface area contributed by atoms with E-state index >= 15 is 0 Å². The number of para-hydroxylation sites is 1. The molecule has 0 aromatic heterocycles. The van der Waals surface area contributed by atoms with Crippen LogP contribution in [0.15, 0.2) is 24.3 Å². The van der Waals surface area contributed by atoms with Gasteiger partial charge in [0.05, 0.1) is 10.7 Å². The summed E-state index contributed by atoms with van der Waals surface area (Å²) in [6, 6.07) is 7.13. The van der Waals surface area contributed by atoms with Gasteiger partial charge in [-0.25, -0.2) is 0 Å². The largest absolute Gasteiger partial charge is 0.383 e. The summed E-state index contributed by atoms with van der Waals surface area (Å²) in [4.78, 5) is 13.0. The second-order valence-corrected chi connectivity index (χ2v) is 3.65. The van der Waals surface area contributed by atoms with Crippen LogP contribution in [0.1, 0.15) is 6.42 Å². The maximum Gasteiger partial charge on any atom is 0.255 e. The van der Waals surface area contributed by atoms with Crippen LogP contribution in [-0.2, 0) is 4.79 Å². The van der Waals surface area contributed by atoms with E-state index in [1.807, 2.05) is 12.1 Å². The van der Waals surface area contributed by atoms with E-state index in [0.717, 1.165) is 0 Å². The molecule has 1 aromatic rings. The molecule has 0 aliphatic carbocycles. The van der Waals surface area contributed by atoms with E-state index in [2.05, 4.69) is 0 Å². The molecule has 1 saturated heterocycles. The van der Waals surface area contributed by atoms with Gasteiger partial charge in [-0.3, -0.25) is 4.79 Å². The first-order valence-electron chi connectivity index (χ1n) is 4.44. The normalized spacial score (nSPS) is 21.7. The van der Waals surface area contributed by atoms with Gasteiger partial charge in [0, 0.05) is 13.0 Å². The Balaban J connectivity index is 2.33. The van der Waals surface area contributed by atoms with Gasteiger partial charge < -0.3 is 10.0 Å². The van der Waals surface area contributed by atoms with E-state index in [0.29, 0.717) is 23.7 Å². The summed E-state index contributed by atoms with van der Waals surface area (Å²) in [5.41, 5.74) is 0.677. The molecule has 1 aromatic carbocycles. The molecule has 1 fully saturated rings. The number of hydrogen-bond donors (Lipinski definition) is 1. The third-order valence-electron chi connectivity index (χ3n) is 2.32. The van der Waals surface area contributed by atoms with Crippen LogP contribution < -0.4 is 4.90 Å². The average Bonchev–Trinajstić information content (AvgIpc) is 2.49. The van der Waals surface area contributed by atoms with Gasteiger partial charge in [0.25, 0.3) is 5.91 Å². The second kappa shape index (κ2) is 3.59. The van der Waals surface area contributed by atoms with Gasteiger partial charge in [-0.1, -0.05) is 23.7 Å². The summed E-state index contributed by atoms with van der Waals surface area (Å²) in [5, 5.41) is 9.82. The molecule has 1 heterocycles. The van der Waals surface area contributed by atoms with Crippen LogP contribution in [0, 0.1) is 0 Å².